The zero-order valence-electron chi connectivity index (χ0n) is 12.7. The highest BCUT2D eigenvalue weighted by molar-refractivity contribution is 14.1. The monoisotopic (exact) mass is 410 g/mol. The van der Waals surface area contributed by atoms with E-state index in [2.05, 4.69) is 12.7 Å². The van der Waals surface area contributed by atoms with Crippen LogP contribution >= 0.6 is 22.6 Å². The molecule has 1 N–H and O–H groups in total. The van der Waals surface area contributed by atoms with E-state index >= 15 is 0 Å². The molecule has 0 spiro atoms. The first-order chi connectivity index (χ1) is 10.3. The van der Waals surface area contributed by atoms with Gasteiger partial charge in [0.25, 0.3) is 0 Å². The minimum atomic E-state index is -0.987. The first kappa shape index (κ1) is 18.4. The van der Waals surface area contributed by atoms with Gasteiger partial charge in [-0.25, -0.2) is 4.79 Å². The van der Waals surface area contributed by atoms with E-state index in [0.717, 1.165) is 22.8 Å². The Morgan fingerprint density at radius 1 is 1.32 bits per heavy atom. The minimum absolute atomic E-state index is 0.00729. The zero-order chi connectivity index (χ0) is 16.7. The molecule has 0 bridgehead atoms. The second-order valence-electron chi connectivity index (χ2n) is 5.11. The quantitative estimate of drug-likeness (QED) is 0.316. The van der Waals surface area contributed by atoms with Crippen LogP contribution < -0.4 is 0 Å². The number of ketones is 1. The molecular formula is C18H19IO3. The number of Topliss-reactive ketones (excluding diaryl/α,β-unsaturated/α-hetero) is 1. The maximum atomic E-state index is 11.9. The number of carboxylic acid groups (broad SMARTS) is 1. The molecule has 0 aromatic heterocycles. The molecule has 0 fully saturated rings. The van der Waals surface area contributed by atoms with Gasteiger partial charge in [-0.3, -0.25) is 4.79 Å². The van der Waals surface area contributed by atoms with Gasteiger partial charge in [0.15, 0.2) is 5.78 Å². The Bertz CT molecular complexity index is 650. The maximum absolute atomic E-state index is 11.9. The van der Waals surface area contributed by atoms with Crippen molar-refractivity contribution in [2.75, 3.05) is 4.43 Å². The first-order valence-electron chi connectivity index (χ1n) is 6.81. The average Bonchev–Trinajstić information content (AvgIpc) is 2.49. The van der Waals surface area contributed by atoms with Crippen LogP contribution in [0.15, 0.2) is 42.5 Å². The van der Waals surface area contributed by atoms with Gasteiger partial charge in [-0.05, 0) is 43.0 Å². The molecule has 1 aromatic carbocycles. The molecule has 0 amide bonds. The Balaban J connectivity index is 3.25. The van der Waals surface area contributed by atoms with E-state index in [-0.39, 0.29) is 5.78 Å². The Morgan fingerprint density at radius 3 is 2.55 bits per heavy atom. The molecule has 0 aliphatic carbocycles. The van der Waals surface area contributed by atoms with Gasteiger partial charge < -0.3 is 5.11 Å². The van der Waals surface area contributed by atoms with Crippen LogP contribution in [0.25, 0.3) is 11.6 Å². The van der Waals surface area contributed by atoms with Gasteiger partial charge in [0.2, 0.25) is 0 Å². The largest absolute Gasteiger partial charge is 0.478 e. The molecule has 0 saturated carbocycles. The van der Waals surface area contributed by atoms with Crippen LogP contribution in [0.4, 0.5) is 0 Å². The van der Waals surface area contributed by atoms with Crippen LogP contribution in [-0.4, -0.2) is 21.3 Å². The van der Waals surface area contributed by atoms with Crippen molar-refractivity contribution in [3.05, 3.63) is 59.2 Å². The van der Waals surface area contributed by atoms with Gasteiger partial charge in [0.1, 0.15) is 0 Å². The summed E-state index contributed by atoms with van der Waals surface area (Å²) >= 11 is 2.03. The van der Waals surface area contributed by atoms with Crippen LogP contribution in [0.3, 0.4) is 0 Å². The van der Waals surface area contributed by atoms with E-state index < -0.39 is 5.97 Å². The number of alkyl halides is 1. The maximum Gasteiger partial charge on any atom is 0.328 e. The molecule has 1 aromatic rings. The second kappa shape index (κ2) is 8.68. The molecule has 0 saturated heterocycles. The van der Waals surface area contributed by atoms with Crippen molar-refractivity contribution >= 4 is 46.0 Å². The number of halogens is 1. The number of hydrogen-bond donors (Lipinski definition) is 1. The van der Waals surface area contributed by atoms with E-state index in [1.165, 1.54) is 5.57 Å². The Hall–Kier alpha value is -1.69. The molecule has 1 rings (SSSR count). The van der Waals surface area contributed by atoms with Crippen LogP contribution in [0, 0.1) is 0 Å². The van der Waals surface area contributed by atoms with E-state index in [4.69, 9.17) is 5.11 Å². The van der Waals surface area contributed by atoms with Gasteiger partial charge >= 0.3 is 5.97 Å². The smallest absolute Gasteiger partial charge is 0.328 e. The summed E-state index contributed by atoms with van der Waals surface area (Å²) in [4.78, 5) is 22.5. The highest BCUT2D eigenvalue weighted by Gasteiger charge is 2.12. The Morgan fingerprint density at radius 2 is 2.00 bits per heavy atom. The molecule has 3 nitrogen and oxygen atoms in total. The first-order valence-corrected chi connectivity index (χ1v) is 8.33. The van der Waals surface area contributed by atoms with Crippen molar-refractivity contribution in [1.82, 2.24) is 0 Å². The summed E-state index contributed by atoms with van der Waals surface area (Å²) in [5.74, 6) is -0.979. The van der Waals surface area contributed by atoms with E-state index in [0.29, 0.717) is 16.4 Å². The molecule has 0 aliphatic rings. The number of benzene rings is 1. The number of aliphatic carboxylic acids is 1. The predicted octanol–water partition coefficient (Wildman–Crippen LogP) is 4.31. The number of hydrogen-bond acceptors (Lipinski definition) is 2. The fourth-order valence-electron chi connectivity index (χ4n) is 1.89. The van der Waals surface area contributed by atoms with E-state index in [1.807, 2.05) is 48.6 Å². The third kappa shape index (κ3) is 5.60. The molecule has 116 valence electrons. The van der Waals surface area contributed by atoms with Gasteiger partial charge in [-0.2, -0.15) is 0 Å². The van der Waals surface area contributed by atoms with E-state index in [9.17, 15) is 9.59 Å². The van der Waals surface area contributed by atoms with Crippen molar-refractivity contribution in [3.8, 4) is 0 Å². The van der Waals surface area contributed by atoms with Crippen LogP contribution in [0.1, 0.15) is 30.5 Å². The van der Waals surface area contributed by atoms with Gasteiger partial charge in [-0.15, -0.1) is 0 Å². The Kier molecular flexibility index (Phi) is 7.24. The molecule has 0 aliphatic heterocycles. The summed E-state index contributed by atoms with van der Waals surface area (Å²) in [5, 5.41) is 8.71. The lowest BCUT2D eigenvalue weighted by Gasteiger charge is -2.11. The highest BCUT2D eigenvalue weighted by atomic mass is 127. The van der Waals surface area contributed by atoms with Crippen LogP contribution in [0.5, 0.6) is 0 Å². The van der Waals surface area contributed by atoms with Crippen molar-refractivity contribution in [3.63, 3.8) is 0 Å². The SMILES string of the molecule is C=C(C(=O)CI)c1ccc(/C=C/C(=O)O)cc1CC=C(C)C. The second-order valence-corrected chi connectivity index (χ2v) is 5.87. The van der Waals surface area contributed by atoms with Crippen LogP contribution in [0.2, 0.25) is 0 Å². The van der Waals surface area contributed by atoms with Crippen molar-refractivity contribution in [2.24, 2.45) is 0 Å². The number of rotatable bonds is 7. The molecule has 0 atom stereocenters. The zero-order valence-corrected chi connectivity index (χ0v) is 14.9. The van der Waals surface area contributed by atoms with Gasteiger partial charge in [0, 0.05) is 11.6 Å². The highest BCUT2D eigenvalue weighted by Crippen LogP contribution is 2.23. The van der Waals surface area contributed by atoms with E-state index in [1.54, 1.807) is 12.1 Å². The fourth-order valence-corrected chi connectivity index (χ4v) is 2.35. The Labute approximate surface area is 144 Å². The van der Waals surface area contributed by atoms with Crippen molar-refractivity contribution in [1.29, 1.82) is 0 Å². The number of carbonyl (C=O) groups excluding carboxylic acids is 1. The lowest BCUT2D eigenvalue weighted by molar-refractivity contribution is -0.131. The molecule has 22 heavy (non-hydrogen) atoms. The minimum Gasteiger partial charge on any atom is -0.478 e. The number of allylic oxidation sites excluding steroid dienone is 3. The molecule has 0 heterocycles. The normalized spacial score (nSPS) is 10.5. The average molecular weight is 410 g/mol. The summed E-state index contributed by atoms with van der Waals surface area (Å²) in [6, 6.07) is 5.54. The molecular weight excluding hydrogens is 391 g/mol. The van der Waals surface area contributed by atoms with Crippen LogP contribution in [-0.2, 0) is 16.0 Å². The fraction of sp³-hybridized carbons (Fsp3) is 0.222. The molecule has 0 radical (unpaired) electrons. The third-order valence-corrected chi connectivity index (χ3v) is 3.75. The van der Waals surface area contributed by atoms with Crippen molar-refractivity contribution < 1.29 is 14.7 Å². The predicted molar refractivity (Wildman–Crippen MR) is 99.2 cm³/mol. The topological polar surface area (TPSA) is 54.4 Å². The summed E-state index contributed by atoms with van der Waals surface area (Å²) in [6.45, 7) is 7.93. The summed E-state index contributed by atoms with van der Waals surface area (Å²) < 4.78 is 0.388. The molecule has 0 unspecified atom stereocenters. The van der Waals surface area contributed by atoms with Crippen molar-refractivity contribution in [2.45, 2.75) is 20.3 Å². The van der Waals surface area contributed by atoms with Gasteiger partial charge in [-0.1, -0.05) is 59.0 Å². The summed E-state index contributed by atoms with van der Waals surface area (Å²) in [7, 11) is 0. The number of carbonyl (C=O) groups is 2. The lowest BCUT2D eigenvalue weighted by Crippen LogP contribution is -2.04. The third-order valence-electron chi connectivity index (χ3n) is 3.06. The number of carboxylic acids is 1. The lowest BCUT2D eigenvalue weighted by atomic mass is 9.94. The van der Waals surface area contributed by atoms with Gasteiger partial charge in [0.05, 0.1) is 4.43 Å². The standard InChI is InChI=1S/C18H19IO3/c1-12(2)4-7-15-10-14(6-9-18(21)22)5-8-16(15)13(3)17(20)11-19/h4-6,8-10H,3,7,11H2,1-2H3,(H,21,22)/b9-6+. The summed E-state index contributed by atoms with van der Waals surface area (Å²) in [6.07, 6.45) is 5.40. The molecule has 4 heteroatoms. The summed E-state index contributed by atoms with van der Waals surface area (Å²) in [5.41, 5.74) is 4.27.